The molecule has 0 unspecified atom stereocenters. The summed E-state index contributed by atoms with van der Waals surface area (Å²) in [7, 11) is 1.53. The summed E-state index contributed by atoms with van der Waals surface area (Å²) in [5.74, 6) is -1.88. The normalized spacial score (nSPS) is 10.7. The average Bonchev–Trinajstić information content (AvgIpc) is 3.03. The summed E-state index contributed by atoms with van der Waals surface area (Å²) in [5.41, 5.74) is 0.0279. The first-order chi connectivity index (χ1) is 11.1. The van der Waals surface area contributed by atoms with Gasteiger partial charge in [0, 0.05) is 18.1 Å². The van der Waals surface area contributed by atoms with Crippen molar-refractivity contribution in [1.82, 2.24) is 0 Å². The molecule has 2 aromatic rings. The number of thiophene rings is 1. The average molecular weight is 341 g/mol. The fourth-order valence-corrected chi connectivity index (χ4v) is 2.64. The maximum absolute atomic E-state index is 14.0. The zero-order valence-corrected chi connectivity index (χ0v) is 13.4. The van der Waals surface area contributed by atoms with Crippen LogP contribution in [0.3, 0.4) is 0 Å². The Morgan fingerprint density at radius 1 is 1.26 bits per heavy atom. The van der Waals surface area contributed by atoms with E-state index in [1.54, 1.807) is 0 Å². The summed E-state index contributed by atoms with van der Waals surface area (Å²) in [4.78, 5) is 14.5. The first kappa shape index (κ1) is 17.5. The lowest BCUT2D eigenvalue weighted by Gasteiger charge is -2.23. The molecule has 0 radical (unpaired) electrons. The van der Waals surface area contributed by atoms with Crippen molar-refractivity contribution in [3.05, 3.63) is 52.2 Å². The molecule has 1 aromatic heterocycles. The molecular weight excluding hydrogens is 324 g/mol. The van der Waals surface area contributed by atoms with Crippen LogP contribution in [0.15, 0.2) is 35.7 Å². The van der Waals surface area contributed by atoms with Gasteiger partial charge in [0.2, 0.25) is 0 Å². The lowest BCUT2D eigenvalue weighted by Crippen LogP contribution is -2.34. The summed E-state index contributed by atoms with van der Waals surface area (Å²) in [6.45, 7) is 0.627. The molecule has 0 aliphatic heterocycles. The van der Waals surface area contributed by atoms with E-state index in [1.165, 1.54) is 29.4 Å². The number of anilines is 1. The molecular formula is C16H17F2NO3S. The highest BCUT2D eigenvalue weighted by Crippen LogP contribution is 2.24. The number of rotatable bonds is 8. The molecule has 0 atom stereocenters. The topological polar surface area (TPSA) is 38.8 Å². The SMILES string of the molecule is COCCOCC(=O)N(Cc1cccs1)c1ccc(F)cc1F. The van der Waals surface area contributed by atoms with Gasteiger partial charge < -0.3 is 14.4 Å². The number of hydrogen-bond acceptors (Lipinski definition) is 4. The van der Waals surface area contributed by atoms with E-state index in [0.29, 0.717) is 6.61 Å². The second-order valence-electron chi connectivity index (χ2n) is 4.70. The van der Waals surface area contributed by atoms with E-state index in [4.69, 9.17) is 9.47 Å². The van der Waals surface area contributed by atoms with Gasteiger partial charge in [0.05, 0.1) is 25.4 Å². The molecule has 0 bridgehead atoms. The van der Waals surface area contributed by atoms with Crippen molar-refractivity contribution in [1.29, 1.82) is 0 Å². The monoisotopic (exact) mass is 341 g/mol. The Labute approximate surface area is 137 Å². The molecule has 124 valence electrons. The maximum atomic E-state index is 14.0. The van der Waals surface area contributed by atoms with Gasteiger partial charge in [-0.3, -0.25) is 4.79 Å². The number of benzene rings is 1. The minimum absolute atomic E-state index is 0.0279. The number of ether oxygens (including phenoxy) is 2. The van der Waals surface area contributed by atoms with Gasteiger partial charge in [0.25, 0.3) is 5.91 Å². The first-order valence-electron chi connectivity index (χ1n) is 6.96. The summed E-state index contributed by atoms with van der Waals surface area (Å²) in [6, 6.07) is 6.83. The van der Waals surface area contributed by atoms with Crippen LogP contribution in [-0.4, -0.2) is 32.8 Å². The predicted octanol–water partition coefficient (Wildman–Crippen LogP) is 3.22. The van der Waals surface area contributed by atoms with E-state index in [9.17, 15) is 13.6 Å². The number of halogens is 2. The Morgan fingerprint density at radius 3 is 2.74 bits per heavy atom. The smallest absolute Gasteiger partial charge is 0.253 e. The molecule has 0 aliphatic rings. The molecule has 23 heavy (non-hydrogen) atoms. The Hall–Kier alpha value is -1.83. The zero-order valence-electron chi connectivity index (χ0n) is 12.6. The molecule has 1 aromatic carbocycles. The van der Waals surface area contributed by atoms with Gasteiger partial charge in [-0.1, -0.05) is 6.07 Å². The largest absolute Gasteiger partial charge is 0.382 e. The van der Waals surface area contributed by atoms with Gasteiger partial charge in [-0.15, -0.1) is 11.3 Å². The zero-order chi connectivity index (χ0) is 16.7. The Bertz CT molecular complexity index is 634. The van der Waals surface area contributed by atoms with Gasteiger partial charge in [0.1, 0.15) is 18.2 Å². The van der Waals surface area contributed by atoms with E-state index in [2.05, 4.69) is 0 Å². The summed E-state index contributed by atoms with van der Waals surface area (Å²) in [5, 5.41) is 1.87. The fourth-order valence-electron chi connectivity index (χ4n) is 1.95. The number of hydrogen-bond donors (Lipinski definition) is 0. The van der Waals surface area contributed by atoms with Gasteiger partial charge in [0.15, 0.2) is 0 Å². The van der Waals surface area contributed by atoms with Gasteiger partial charge in [-0.2, -0.15) is 0 Å². The molecule has 2 rings (SSSR count). The first-order valence-corrected chi connectivity index (χ1v) is 7.84. The lowest BCUT2D eigenvalue weighted by atomic mass is 10.2. The quantitative estimate of drug-likeness (QED) is 0.692. The van der Waals surface area contributed by atoms with Crippen LogP contribution < -0.4 is 4.90 Å². The van der Waals surface area contributed by atoms with Gasteiger partial charge in [-0.05, 0) is 23.6 Å². The van der Waals surface area contributed by atoms with Gasteiger partial charge in [-0.25, -0.2) is 8.78 Å². The third-order valence-corrected chi connectivity index (χ3v) is 3.91. The summed E-state index contributed by atoms with van der Waals surface area (Å²) in [6.07, 6.45) is 0. The number of amides is 1. The van der Waals surface area contributed by atoms with Crippen molar-refractivity contribution >= 4 is 22.9 Å². The second kappa shape index (κ2) is 8.71. The highest BCUT2D eigenvalue weighted by Gasteiger charge is 2.20. The molecule has 7 heteroatoms. The van der Waals surface area contributed by atoms with Crippen molar-refractivity contribution in [2.24, 2.45) is 0 Å². The maximum Gasteiger partial charge on any atom is 0.253 e. The number of methoxy groups -OCH3 is 1. The van der Waals surface area contributed by atoms with Crippen LogP contribution in [0.4, 0.5) is 14.5 Å². The van der Waals surface area contributed by atoms with E-state index in [-0.39, 0.29) is 25.4 Å². The molecule has 0 saturated heterocycles. The Balaban J connectivity index is 2.15. The van der Waals surface area contributed by atoms with Crippen LogP contribution in [0, 0.1) is 11.6 Å². The second-order valence-corrected chi connectivity index (χ2v) is 5.73. The highest BCUT2D eigenvalue weighted by atomic mass is 32.1. The van der Waals surface area contributed by atoms with Crippen LogP contribution in [0.1, 0.15) is 4.88 Å². The highest BCUT2D eigenvalue weighted by molar-refractivity contribution is 7.09. The van der Waals surface area contributed by atoms with Crippen LogP contribution in [0.25, 0.3) is 0 Å². The molecule has 4 nitrogen and oxygen atoms in total. The van der Waals surface area contributed by atoms with Crippen molar-refractivity contribution in [3.63, 3.8) is 0 Å². The fraction of sp³-hybridized carbons (Fsp3) is 0.312. The van der Waals surface area contributed by atoms with E-state index >= 15 is 0 Å². The Kier molecular flexibility index (Phi) is 6.64. The van der Waals surface area contributed by atoms with Crippen LogP contribution in [0.2, 0.25) is 0 Å². The minimum Gasteiger partial charge on any atom is -0.382 e. The molecule has 0 N–H and O–H groups in total. The van der Waals surface area contributed by atoms with Crippen molar-refractivity contribution < 1.29 is 23.0 Å². The summed E-state index contributed by atoms with van der Waals surface area (Å²) < 4.78 is 37.2. The molecule has 1 amide bonds. The van der Waals surface area contributed by atoms with Crippen LogP contribution in [0.5, 0.6) is 0 Å². The minimum atomic E-state index is -0.785. The van der Waals surface area contributed by atoms with Crippen molar-refractivity contribution in [2.75, 3.05) is 31.8 Å². The van der Waals surface area contributed by atoms with E-state index in [0.717, 1.165) is 17.0 Å². The van der Waals surface area contributed by atoms with E-state index < -0.39 is 17.5 Å². The molecule has 0 aliphatic carbocycles. The summed E-state index contributed by atoms with van der Waals surface area (Å²) >= 11 is 1.45. The van der Waals surface area contributed by atoms with Crippen LogP contribution in [-0.2, 0) is 20.8 Å². The van der Waals surface area contributed by atoms with Gasteiger partial charge >= 0.3 is 0 Å². The molecule has 0 fully saturated rings. The molecule has 0 spiro atoms. The molecule has 0 saturated carbocycles. The third kappa shape index (κ3) is 5.09. The lowest BCUT2D eigenvalue weighted by molar-refractivity contribution is -0.123. The number of carbonyl (C=O) groups excluding carboxylic acids is 1. The van der Waals surface area contributed by atoms with Crippen molar-refractivity contribution in [2.45, 2.75) is 6.54 Å². The van der Waals surface area contributed by atoms with Crippen molar-refractivity contribution in [3.8, 4) is 0 Å². The predicted molar refractivity (Wildman–Crippen MR) is 84.6 cm³/mol. The van der Waals surface area contributed by atoms with E-state index in [1.807, 2.05) is 17.5 Å². The standard InChI is InChI=1S/C16H17F2NO3S/c1-21-6-7-22-11-16(20)19(10-13-3-2-8-23-13)15-5-4-12(17)9-14(15)18/h2-5,8-9H,6-7,10-11H2,1H3. The number of carbonyl (C=O) groups is 1. The third-order valence-electron chi connectivity index (χ3n) is 3.05. The molecule has 1 heterocycles. The number of nitrogens with zero attached hydrogens (tertiary/aromatic N) is 1. The Morgan fingerprint density at radius 2 is 2.09 bits per heavy atom. The van der Waals surface area contributed by atoms with Crippen LogP contribution >= 0.6 is 11.3 Å².